The zero-order chi connectivity index (χ0) is 18.2. The first kappa shape index (κ1) is 18.3. The van der Waals surface area contributed by atoms with Gasteiger partial charge in [-0.05, 0) is 63.9 Å². The van der Waals surface area contributed by atoms with Crippen molar-refractivity contribution >= 4 is 23.3 Å². The number of nitrogens with zero attached hydrogens (tertiary/aromatic N) is 3. The van der Waals surface area contributed by atoms with Gasteiger partial charge in [0.05, 0.1) is 5.69 Å². The van der Waals surface area contributed by atoms with Gasteiger partial charge in [-0.2, -0.15) is 0 Å². The van der Waals surface area contributed by atoms with E-state index in [9.17, 15) is 9.59 Å². The molecule has 2 aliphatic rings. The first-order valence-corrected chi connectivity index (χ1v) is 9.95. The summed E-state index contributed by atoms with van der Waals surface area (Å²) in [4.78, 5) is 28.4. The van der Waals surface area contributed by atoms with Crippen LogP contribution in [-0.4, -0.2) is 44.4 Å². The molecule has 2 heterocycles. The number of fused-ring (bicyclic) bond motifs is 1. The molecule has 0 bridgehead atoms. The number of aromatic nitrogens is 2. The molecule has 0 unspecified atom stereocenters. The van der Waals surface area contributed by atoms with Crippen LogP contribution in [0.25, 0.3) is 0 Å². The molecule has 0 spiro atoms. The Hall–Kier alpha value is -1.50. The van der Waals surface area contributed by atoms with E-state index in [0.717, 1.165) is 24.4 Å². The summed E-state index contributed by atoms with van der Waals surface area (Å²) < 4.78 is 3.89. The van der Waals surface area contributed by atoms with Crippen LogP contribution in [0.1, 0.15) is 68.2 Å². The molecule has 1 aliphatic carbocycles. The van der Waals surface area contributed by atoms with E-state index < -0.39 is 6.04 Å². The van der Waals surface area contributed by atoms with Gasteiger partial charge in [0.1, 0.15) is 10.9 Å². The lowest BCUT2D eigenvalue weighted by molar-refractivity contribution is -0.130. The summed E-state index contributed by atoms with van der Waals surface area (Å²) in [6, 6.07) is -0.396. The van der Waals surface area contributed by atoms with Crippen LogP contribution in [-0.2, 0) is 4.79 Å². The summed E-state index contributed by atoms with van der Waals surface area (Å²) >= 11 is 1.12. The van der Waals surface area contributed by atoms with E-state index in [2.05, 4.69) is 14.9 Å². The Labute approximate surface area is 153 Å². The number of likely N-dealkylation sites (tertiary alicyclic amines) is 1. The van der Waals surface area contributed by atoms with Gasteiger partial charge in [0, 0.05) is 12.1 Å². The molecule has 25 heavy (non-hydrogen) atoms. The highest BCUT2D eigenvalue weighted by molar-refractivity contribution is 7.08. The third-order valence-electron chi connectivity index (χ3n) is 5.31. The molecular weight excluding hydrogens is 336 g/mol. The second-order valence-corrected chi connectivity index (χ2v) is 9.19. The predicted octanol–water partition coefficient (Wildman–Crippen LogP) is 2.78. The van der Waals surface area contributed by atoms with Gasteiger partial charge < -0.3 is 10.2 Å². The van der Waals surface area contributed by atoms with Crippen LogP contribution in [0.2, 0.25) is 0 Å². The van der Waals surface area contributed by atoms with Crippen molar-refractivity contribution in [1.29, 1.82) is 0 Å². The Balaban J connectivity index is 1.86. The fourth-order valence-corrected chi connectivity index (χ4v) is 4.73. The van der Waals surface area contributed by atoms with Crippen molar-refractivity contribution in [3.8, 4) is 0 Å². The van der Waals surface area contributed by atoms with Gasteiger partial charge in [0.15, 0.2) is 0 Å². The van der Waals surface area contributed by atoms with Crippen LogP contribution in [0.5, 0.6) is 0 Å². The molecule has 1 saturated heterocycles. The maximum absolute atomic E-state index is 13.1. The van der Waals surface area contributed by atoms with Gasteiger partial charge in [-0.1, -0.05) is 23.8 Å². The van der Waals surface area contributed by atoms with Crippen molar-refractivity contribution in [3.05, 3.63) is 10.6 Å². The molecule has 1 aromatic rings. The molecule has 2 amide bonds. The van der Waals surface area contributed by atoms with E-state index in [1.807, 2.05) is 20.8 Å². The van der Waals surface area contributed by atoms with E-state index in [0.29, 0.717) is 29.0 Å². The number of hydrogen-bond acceptors (Lipinski definition) is 5. The predicted molar refractivity (Wildman–Crippen MR) is 97.4 cm³/mol. The molecule has 1 aliphatic heterocycles. The zero-order valence-electron chi connectivity index (χ0n) is 15.5. The van der Waals surface area contributed by atoms with E-state index in [-0.39, 0.29) is 17.4 Å². The molecule has 0 aromatic carbocycles. The Bertz CT molecular complexity index is 652. The van der Waals surface area contributed by atoms with Gasteiger partial charge in [0.25, 0.3) is 5.91 Å². The van der Waals surface area contributed by atoms with Crippen LogP contribution in [0.3, 0.4) is 0 Å². The third-order valence-corrected chi connectivity index (χ3v) is 6.12. The topological polar surface area (TPSA) is 75.2 Å². The van der Waals surface area contributed by atoms with Gasteiger partial charge in [-0.25, -0.2) is 0 Å². The number of aryl methyl sites for hydroxylation is 1. The summed E-state index contributed by atoms with van der Waals surface area (Å²) in [6.45, 7) is 8.39. The van der Waals surface area contributed by atoms with E-state index in [1.165, 1.54) is 19.3 Å². The molecule has 0 radical (unpaired) electrons. The normalized spacial score (nSPS) is 26.9. The Morgan fingerprint density at radius 1 is 1.20 bits per heavy atom. The fourth-order valence-electron chi connectivity index (χ4n) is 4.11. The monoisotopic (exact) mass is 364 g/mol. The molecule has 1 saturated carbocycles. The second kappa shape index (κ2) is 7.02. The molecule has 7 heteroatoms. The fraction of sp³-hybridized carbons (Fsp3) is 0.778. The quantitative estimate of drug-likeness (QED) is 0.875. The number of nitrogens with one attached hydrogen (secondary N) is 1. The number of rotatable bonds is 2. The van der Waals surface area contributed by atoms with Crippen molar-refractivity contribution in [3.63, 3.8) is 0 Å². The van der Waals surface area contributed by atoms with Crippen molar-refractivity contribution in [2.75, 3.05) is 6.54 Å². The van der Waals surface area contributed by atoms with Gasteiger partial charge in [0.2, 0.25) is 5.91 Å². The lowest BCUT2D eigenvalue weighted by Gasteiger charge is -2.45. The number of piperidine rings is 1. The average Bonchev–Trinajstić information content (AvgIpc) is 2.97. The minimum Gasteiger partial charge on any atom is -0.350 e. The molecular formula is C18H28N4O2S. The van der Waals surface area contributed by atoms with E-state index in [4.69, 9.17) is 0 Å². The maximum atomic E-state index is 13.1. The third kappa shape index (κ3) is 4.02. The van der Waals surface area contributed by atoms with Crippen LogP contribution in [0.15, 0.2) is 0 Å². The van der Waals surface area contributed by atoms with Gasteiger partial charge in [-0.3, -0.25) is 9.59 Å². The molecule has 138 valence electrons. The van der Waals surface area contributed by atoms with Gasteiger partial charge >= 0.3 is 0 Å². The summed E-state index contributed by atoms with van der Waals surface area (Å²) in [5.41, 5.74) is 0.340. The van der Waals surface area contributed by atoms with Gasteiger partial charge in [-0.15, -0.1) is 5.10 Å². The van der Waals surface area contributed by atoms with Crippen molar-refractivity contribution < 1.29 is 9.59 Å². The van der Waals surface area contributed by atoms with E-state index >= 15 is 0 Å². The number of carbonyl (C=O) groups is 2. The molecule has 2 fully saturated rings. The van der Waals surface area contributed by atoms with Crippen molar-refractivity contribution in [1.82, 2.24) is 19.8 Å². The second-order valence-electron chi connectivity index (χ2n) is 8.44. The van der Waals surface area contributed by atoms with Crippen molar-refractivity contribution in [2.45, 2.75) is 71.4 Å². The number of amides is 2. The SMILES string of the molecule is Cc1nnsc1C(=O)N1C[C@@H]2CCCC[C@@H]2C[C@H]1C(=O)NC(C)(C)C. The minimum atomic E-state index is -0.396. The number of hydrogen-bond donors (Lipinski definition) is 1. The summed E-state index contributed by atoms with van der Waals surface area (Å²) in [6.07, 6.45) is 5.56. The summed E-state index contributed by atoms with van der Waals surface area (Å²) in [7, 11) is 0. The first-order chi connectivity index (χ1) is 11.8. The summed E-state index contributed by atoms with van der Waals surface area (Å²) in [5.74, 6) is 0.928. The number of carbonyl (C=O) groups excluding carboxylic acids is 2. The average molecular weight is 365 g/mol. The molecule has 3 rings (SSSR count). The molecule has 1 aromatic heterocycles. The Morgan fingerprint density at radius 2 is 1.88 bits per heavy atom. The van der Waals surface area contributed by atoms with Crippen LogP contribution in [0, 0.1) is 18.8 Å². The maximum Gasteiger partial charge on any atom is 0.268 e. The lowest BCUT2D eigenvalue weighted by Crippen LogP contribution is -2.59. The molecule has 1 N–H and O–H groups in total. The van der Waals surface area contributed by atoms with E-state index in [1.54, 1.807) is 11.8 Å². The standard InChI is InChI=1S/C18H28N4O2S/c1-11-15(25-21-20-11)17(24)22-10-13-8-6-5-7-12(13)9-14(22)16(23)19-18(2,3)4/h12-14H,5-10H2,1-4H3,(H,19,23)/t12-,13+,14+/m1/s1. The zero-order valence-corrected chi connectivity index (χ0v) is 16.4. The molecule has 3 atom stereocenters. The van der Waals surface area contributed by atoms with Crippen LogP contribution >= 0.6 is 11.5 Å². The first-order valence-electron chi connectivity index (χ1n) is 9.18. The highest BCUT2D eigenvalue weighted by Gasteiger charge is 2.43. The smallest absolute Gasteiger partial charge is 0.268 e. The van der Waals surface area contributed by atoms with Crippen molar-refractivity contribution in [2.24, 2.45) is 11.8 Å². The Morgan fingerprint density at radius 3 is 2.48 bits per heavy atom. The Kier molecular flexibility index (Phi) is 5.14. The molecule has 6 nitrogen and oxygen atoms in total. The van der Waals surface area contributed by atoms with Crippen LogP contribution in [0.4, 0.5) is 0 Å². The highest BCUT2D eigenvalue weighted by Crippen LogP contribution is 2.39. The lowest BCUT2D eigenvalue weighted by atomic mass is 9.72. The van der Waals surface area contributed by atoms with Crippen LogP contribution < -0.4 is 5.32 Å². The largest absolute Gasteiger partial charge is 0.350 e. The highest BCUT2D eigenvalue weighted by atomic mass is 32.1. The summed E-state index contributed by atoms with van der Waals surface area (Å²) in [5, 5.41) is 7.03. The minimum absolute atomic E-state index is 0.0417.